The Morgan fingerprint density at radius 1 is 1.35 bits per heavy atom. The number of rotatable bonds is 7. The molecule has 0 saturated carbocycles. The van der Waals surface area contributed by atoms with E-state index in [2.05, 4.69) is 4.98 Å². The zero-order valence-corrected chi connectivity index (χ0v) is 14.8. The van der Waals surface area contributed by atoms with Crippen LogP contribution in [0.15, 0.2) is 18.3 Å². The Balaban J connectivity index is 1.81. The number of likely N-dealkylation sites (N-methyl/N-ethyl adjacent to an activating group) is 1. The van der Waals surface area contributed by atoms with Gasteiger partial charge in [-0.15, -0.1) is 0 Å². The molecule has 3 N–H and O–H groups in total. The number of hydrogen-bond acceptors (Lipinski definition) is 6. The second-order valence-electron chi connectivity index (χ2n) is 6.20. The second kappa shape index (κ2) is 9.25. The highest BCUT2D eigenvalue weighted by molar-refractivity contribution is 5.94. The first-order valence-electron chi connectivity index (χ1n) is 8.42. The number of likely N-dealkylation sites (tertiary alicyclic amines) is 1. The minimum Gasteiger partial charge on any atom is -0.480 e. The number of aromatic nitrogens is 1. The van der Waals surface area contributed by atoms with Crippen molar-refractivity contribution in [1.29, 1.82) is 0 Å². The van der Waals surface area contributed by atoms with Gasteiger partial charge in [-0.1, -0.05) is 6.07 Å². The average molecular weight is 364 g/mol. The van der Waals surface area contributed by atoms with Crippen LogP contribution in [0, 0.1) is 0 Å². The SMILES string of the molecule is CN(CC(=O)N1CCC(OCC(=O)O)CC1)C(=O)c1ccc(CN)cn1. The lowest BCUT2D eigenvalue weighted by atomic mass is 10.1. The van der Waals surface area contributed by atoms with E-state index in [9.17, 15) is 14.4 Å². The highest BCUT2D eigenvalue weighted by Crippen LogP contribution is 2.14. The van der Waals surface area contributed by atoms with Crippen LogP contribution < -0.4 is 5.73 Å². The number of aliphatic carboxylic acids is 1. The van der Waals surface area contributed by atoms with Crippen molar-refractivity contribution in [2.24, 2.45) is 5.73 Å². The summed E-state index contributed by atoms with van der Waals surface area (Å²) in [5.74, 6) is -1.49. The lowest BCUT2D eigenvalue weighted by Gasteiger charge is -2.32. The summed E-state index contributed by atoms with van der Waals surface area (Å²) in [5, 5.41) is 8.62. The molecule has 26 heavy (non-hydrogen) atoms. The molecule has 0 atom stereocenters. The summed E-state index contributed by atoms with van der Waals surface area (Å²) in [4.78, 5) is 42.3. The summed E-state index contributed by atoms with van der Waals surface area (Å²) in [5.41, 5.74) is 6.59. The normalized spacial score (nSPS) is 14.9. The maximum Gasteiger partial charge on any atom is 0.329 e. The third kappa shape index (κ3) is 5.50. The first-order valence-corrected chi connectivity index (χ1v) is 8.42. The minimum atomic E-state index is -1.00. The van der Waals surface area contributed by atoms with Crippen LogP contribution in [-0.2, 0) is 20.9 Å². The molecule has 0 spiro atoms. The lowest BCUT2D eigenvalue weighted by molar-refractivity contribution is -0.146. The number of ether oxygens (including phenoxy) is 1. The van der Waals surface area contributed by atoms with Crippen LogP contribution in [-0.4, -0.2) is 77.1 Å². The quantitative estimate of drug-likeness (QED) is 0.680. The number of pyridine rings is 1. The Morgan fingerprint density at radius 2 is 2.04 bits per heavy atom. The molecule has 2 heterocycles. The van der Waals surface area contributed by atoms with Crippen LogP contribution in [0.4, 0.5) is 0 Å². The molecule has 1 aromatic heterocycles. The van der Waals surface area contributed by atoms with Crippen LogP contribution in [0.2, 0.25) is 0 Å². The third-order valence-electron chi connectivity index (χ3n) is 4.24. The molecule has 0 bridgehead atoms. The summed E-state index contributed by atoms with van der Waals surface area (Å²) < 4.78 is 5.25. The van der Waals surface area contributed by atoms with Gasteiger partial charge in [0.25, 0.3) is 5.91 Å². The molecule has 0 radical (unpaired) electrons. The predicted octanol–water partition coefficient (Wildman–Crippen LogP) is -0.295. The van der Waals surface area contributed by atoms with E-state index in [1.54, 1.807) is 30.3 Å². The average Bonchev–Trinajstić information content (AvgIpc) is 2.66. The Hall–Kier alpha value is -2.52. The van der Waals surface area contributed by atoms with Crippen LogP contribution >= 0.6 is 0 Å². The Bertz CT molecular complexity index is 641. The van der Waals surface area contributed by atoms with Crippen LogP contribution in [0.1, 0.15) is 28.9 Å². The lowest BCUT2D eigenvalue weighted by Crippen LogP contribution is -2.46. The van der Waals surface area contributed by atoms with Gasteiger partial charge in [0.2, 0.25) is 5.91 Å². The van der Waals surface area contributed by atoms with Crippen LogP contribution in [0.25, 0.3) is 0 Å². The van der Waals surface area contributed by atoms with Gasteiger partial charge >= 0.3 is 5.97 Å². The van der Waals surface area contributed by atoms with E-state index in [0.717, 1.165) is 5.56 Å². The van der Waals surface area contributed by atoms with E-state index in [0.29, 0.717) is 32.5 Å². The van der Waals surface area contributed by atoms with Gasteiger partial charge < -0.3 is 25.4 Å². The van der Waals surface area contributed by atoms with Crippen molar-refractivity contribution >= 4 is 17.8 Å². The predicted molar refractivity (Wildman–Crippen MR) is 92.3 cm³/mol. The van der Waals surface area contributed by atoms with E-state index < -0.39 is 5.97 Å². The van der Waals surface area contributed by atoms with Gasteiger partial charge in [-0.3, -0.25) is 14.6 Å². The van der Waals surface area contributed by atoms with Crippen molar-refractivity contribution in [2.45, 2.75) is 25.5 Å². The molecule has 0 unspecified atom stereocenters. The molecule has 142 valence electrons. The molecule has 0 aliphatic carbocycles. The molecule has 9 heteroatoms. The number of amides is 2. The number of nitrogens with two attached hydrogens (primary N) is 1. The molecule has 1 fully saturated rings. The molecular weight excluding hydrogens is 340 g/mol. The fourth-order valence-corrected chi connectivity index (χ4v) is 2.70. The fraction of sp³-hybridized carbons (Fsp3) is 0.529. The molecule has 9 nitrogen and oxygen atoms in total. The zero-order chi connectivity index (χ0) is 19.1. The van der Waals surface area contributed by atoms with Crippen molar-refractivity contribution < 1.29 is 24.2 Å². The maximum atomic E-state index is 12.4. The van der Waals surface area contributed by atoms with Crippen molar-refractivity contribution in [2.75, 3.05) is 33.3 Å². The number of nitrogens with zero attached hydrogens (tertiary/aromatic N) is 3. The van der Waals surface area contributed by atoms with E-state index in [1.807, 2.05) is 0 Å². The van der Waals surface area contributed by atoms with E-state index in [-0.39, 0.29) is 36.8 Å². The minimum absolute atomic E-state index is 0.0419. The highest BCUT2D eigenvalue weighted by atomic mass is 16.5. The molecule has 2 amide bonds. The van der Waals surface area contributed by atoms with E-state index in [4.69, 9.17) is 15.6 Å². The third-order valence-corrected chi connectivity index (χ3v) is 4.24. The van der Waals surface area contributed by atoms with Gasteiger partial charge in [0, 0.05) is 32.9 Å². The maximum absolute atomic E-state index is 12.4. The van der Waals surface area contributed by atoms with Gasteiger partial charge in [-0.25, -0.2) is 4.79 Å². The van der Waals surface area contributed by atoms with Crippen molar-refractivity contribution in [3.8, 4) is 0 Å². The zero-order valence-electron chi connectivity index (χ0n) is 14.8. The summed E-state index contributed by atoms with van der Waals surface area (Å²) in [6, 6.07) is 3.33. The number of carboxylic acids is 1. The first kappa shape index (κ1) is 19.8. The number of carboxylic acid groups (broad SMARTS) is 1. The Kier molecular flexibility index (Phi) is 7.05. The Morgan fingerprint density at radius 3 is 2.58 bits per heavy atom. The molecular formula is C17H24N4O5. The largest absolute Gasteiger partial charge is 0.480 e. The summed E-state index contributed by atoms with van der Waals surface area (Å²) in [6.45, 7) is 0.941. The second-order valence-corrected chi connectivity index (χ2v) is 6.20. The summed E-state index contributed by atoms with van der Waals surface area (Å²) in [6.07, 6.45) is 2.56. The van der Waals surface area contributed by atoms with E-state index >= 15 is 0 Å². The van der Waals surface area contributed by atoms with Gasteiger partial charge in [0.15, 0.2) is 0 Å². The monoisotopic (exact) mass is 364 g/mol. The van der Waals surface area contributed by atoms with Crippen LogP contribution in [0.3, 0.4) is 0 Å². The molecule has 1 aromatic rings. The smallest absolute Gasteiger partial charge is 0.329 e. The molecule has 2 rings (SSSR count). The van der Waals surface area contributed by atoms with Crippen molar-refractivity contribution in [3.05, 3.63) is 29.6 Å². The van der Waals surface area contributed by atoms with E-state index in [1.165, 1.54) is 4.90 Å². The highest BCUT2D eigenvalue weighted by Gasteiger charge is 2.25. The molecule has 1 aliphatic heterocycles. The molecule has 0 aromatic carbocycles. The van der Waals surface area contributed by atoms with Crippen LogP contribution in [0.5, 0.6) is 0 Å². The van der Waals surface area contributed by atoms with Gasteiger partial charge in [0.05, 0.1) is 12.6 Å². The first-order chi connectivity index (χ1) is 12.4. The number of carbonyl (C=O) groups is 3. The Labute approximate surface area is 151 Å². The molecule has 1 saturated heterocycles. The van der Waals surface area contributed by atoms with Crippen molar-refractivity contribution in [1.82, 2.24) is 14.8 Å². The molecule has 1 aliphatic rings. The summed E-state index contributed by atoms with van der Waals surface area (Å²) in [7, 11) is 1.56. The van der Waals surface area contributed by atoms with Crippen molar-refractivity contribution in [3.63, 3.8) is 0 Å². The number of hydrogen-bond donors (Lipinski definition) is 2. The number of piperidine rings is 1. The fourth-order valence-electron chi connectivity index (χ4n) is 2.70. The topological polar surface area (TPSA) is 126 Å². The van der Waals surface area contributed by atoms with Gasteiger partial charge in [-0.2, -0.15) is 0 Å². The van der Waals surface area contributed by atoms with Gasteiger partial charge in [-0.05, 0) is 24.5 Å². The summed E-state index contributed by atoms with van der Waals surface area (Å²) >= 11 is 0. The standard InChI is InChI=1S/C17H24N4O5/c1-20(17(25)14-3-2-12(8-18)9-19-14)10-15(22)21-6-4-13(5-7-21)26-11-16(23)24/h2-3,9,13H,4-8,10-11,18H2,1H3,(H,23,24). The van der Waals surface area contributed by atoms with Gasteiger partial charge in [0.1, 0.15) is 12.3 Å². The number of carbonyl (C=O) groups excluding carboxylic acids is 2.